The van der Waals surface area contributed by atoms with E-state index in [1.54, 1.807) is 20.2 Å². The number of carbonyl (C=O) groups excluding carboxylic acids is 1. The molecule has 2 aromatic heterocycles. The Morgan fingerprint density at radius 1 is 1.36 bits per heavy atom. The fourth-order valence-corrected chi connectivity index (χ4v) is 2.43. The average molecular weight is 299 g/mol. The fraction of sp³-hybridized carbons (Fsp3) is 0.353. The summed E-state index contributed by atoms with van der Waals surface area (Å²) in [5.41, 5.74) is 2.38. The van der Waals surface area contributed by atoms with Gasteiger partial charge >= 0.3 is 0 Å². The van der Waals surface area contributed by atoms with E-state index in [4.69, 9.17) is 0 Å². The van der Waals surface area contributed by atoms with Crippen LogP contribution >= 0.6 is 0 Å². The second kappa shape index (κ2) is 6.56. The number of nitrogens with zero attached hydrogens (tertiary/aromatic N) is 2. The molecule has 0 fully saturated rings. The maximum Gasteiger partial charge on any atom is 0.263 e. The minimum atomic E-state index is -0.332. The summed E-state index contributed by atoms with van der Waals surface area (Å²) in [5.74, 6) is -0.332. The number of amides is 1. The molecule has 1 amide bonds. The minimum Gasteiger partial charge on any atom is -0.349 e. The molecule has 2 aromatic rings. The van der Waals surface area contributed by atoms with Crippen LogP contribution < -0.4 is 10.9 Å². The lowest BCUT2D eigenvalue weighted by Crippen LogP contribution is -2.39. The van der Waals surface area contributed by atoms with Crippen molar-refractivity contribution >= 4 is 5.91 Å². The third kappa shape index (κ3) is 3.42. The number of aryl methyl sites for hydroxylation is 2. The van der Waals surface area contributed by atoms with Crippen LogP contribution in [0, 0.1) is 13.8 Å². The van der Waals surface area contributed by atoms with Crippen molar-refractivity contribution in [3.8, 4) is 0 Å². The Kier molecular flexibility index (Phi) is 4.75. The summed E-state index contributed by atoms with van der Waals surface area (Å²) >= 11 is 0. The third-order valence-corrected chi connectivity index (χ3v) is 3.71. The van der Waals surface area contributed by atoms with Gasteiger partial charge in [0.05, 0.1) is 0 Å². The first kappa shape index (κ1) is 15.9. The lowest BCUT2D eigenvalue weighted by Gasteiger charge is -2.15. The first-order valence-electron chi connectivity index (χ1n) is 7.28. The Morgan fingerprint density at radius 2 is 2.09 bits per heavy atom. The molecule has 22 heavy (non-hydrogen) atoms. The Balaban J connectivity index is 2.16. The summed E-state index contributed by atoms with van der Waals surface area (Å²) in [7, 11) is 1.67. The molecule has 5 heteroatoms. The first-order chi connectivity index (χ1) is 10.4. The second-order valence-electron chi connectivity index (χ2n) is 5.61. The van der Waals surface area contributed by atoms with E-state index < -0.39 is 0 Å². The normalized spacial score (nSPS) is 12.0. The van der Waals surface area contributed by atoms with E-state index in [0.717, 1.165) is 11.4 Å². The summed E-state index contributed by atoms with van der Waals surface area (Å²) in [6, 6.07) is 7.43. The van der Waals surface area contributed by atoms with Gasteiger partial charge in [0.25, 0.3) is 11.5 Å². The number of carbonyl (C=O) groups is 1. The molecule has 1 atom stereocenters. The van der Waals surface area contributed by atoms with Gasteiger partial charge in [-0.05, 0) is 44.5 Å². The van der Waals surface area contributed by atoms with Crippen molar-refractivity contribution in [2.45, 2.75) is 33.2 Å². The fourth-order valence-electron chi connectivity index (χ4n) is 2.43. The lowest BCUT2D eigenvalue weighted by molar-refractivity contribution is 0.0937. The highest BCUT2D eigenvalue weighted by Crippen LogP contribution is 2.06. The monoisotopic (exact) mass is 299 g/mol. The van der Waals surface area contributed by atoms with Gasteiger partial charge in [0.1, 0.15) is 5.56 Å². The van der Waals surface area contributed by atoms with E-state index >= 15 is 0 Å². The van der Waals surface area contributed by atoms with E-state index in [2.05, 4.69) is 10.3 Å². The standard InChI is InChI=1S/C17H21N3O2/c1-11-9-13(3)20(4)17(22)15(11)16(21)19-12(2)10-14-7-5-6-8-18-14/h5-9,12H,10H2,1-4H3,(H,19,21)/t12-/m0/s1. The topological polar surface area (TPSA) is 64.0 Å². The van der Waals surface area contributed by atoms with Crippen LogP contribution in [0.5, 0.6) is 0 Å². The largest absolute Gasteiger partial charge is 0.349 e. The van der Waals surface area contributed by atoms with Crippen LogP contribution in [0.4, 0.5) is 0 Å². The highest BCUT2D eigenvalue weighted by Gasteiger charge is 2.18. The first-order valence-corrected chi connectivity index (χ1v) is 7.28. The average Bonchev–Trinajstić information content (AvgIpc) is 2.45. The molecule has 2 rings (SSSR count). The van der Waals surface area contributed by atoms with Crippen LogP contribution in [0.15, 0.2) is 35.3 Å². The summed E-state index contributed by atoms with van der Waals surface area (Å²) in [5, 5.41) is 2.88. The van der Waals surface area contributed by atoms with Crippen LogP contribution in [0.2, 0.25) is 0 Å². The number of pyridine rings is 2. The predicted molar refractivity (Wildman–Crippen MR) is 86.0 cm³/mol. The summed E-state index contributed by atoms with van der Waals surface area (Å²) in [4.78, 5) is 28.9. The van der Waals surface area contributed by atoms with Crippen LogP contribution in [0.25, 0.3) is 0 Å². The molecule has 5 nitrogen and oxygen atoms in total. The van der Waals surface area contributed by atoms with Gasteiger partial charge in [0.15, 0.2) is 0 Å². The zero-order chi connectivity index (χ0) is 16.3. The maximum atomic E-state index is 12.4. The van der Waals surface area contributed by atoms with Crippen molar-refractivity contribution < 1.29 is 4.79 Å². The zero-order valence-electron chi connectivity index (χ0n) is 13.4. The van der Waals surface area contributed by atoms with Gasteiger partial charge in [-0.1, -0.05) is 6.07 Å². The number of hydrogen-bond acceptors (Lipinski definition) is 3. The highest BCUT2D eigenvalue weighted by atomic mass is 16.2. The van der Waals surface area contributed by atoms with Gasteiger partial charge in [-0.25, -0.2) is 0 Å². The molecule has 0 unspecified atom stereocenters. The van der Waals surface area contributed by atoms with Crippen molar-refractivity contribution in [2.24, 2.45) is 7.05 Å². The Hall–Kier alpha value is -2.43. The maximum absolute atomic E-state index is 12.4. The number of aromatic nitrogens is 2. The molecule has 0 radical (unpaired) electrons. The van der Waals surface area contributed by atoms with E-state index in [9.17, 15) is 9.59 Å². The lowest BCUT2D eigenvalue weighted by atomic mass is 10.1. The van der Waals surface area contributed by atoms with E-state index in [1.807, 2.05) is 38.1 Å². The highest BCUT2D eigenvalue weighted by molar-refractivity contribution is 5.95. The van der Waals surface area contributed by atoms with E-state index in [-0.39, 0.29) is 23.1 Å². The molecule has 0 aliphatic carbocycles. The summed E-state index contributed by atoms with van der Waals surface area (Å²) in [6.45, 7) is 5.53. The zero-order valence-corrected chi connectivity index (χ0v) is 13.4. The summed E-state index contributed by atoms with van der Waals surface area (Å²) in [6.07, 6.45) is 2.35. The van der Waals surface area contributed by atoms with Gasteiger partial charge in [-0.2, -0.15) is 0 Å². The SMILES string of the molecule is Cc1cc(C)n(C)c(=O)c1C(=O)N[C@@H](C)Cc1ccccn1. The number of rotatable bonds is 4. The van der Waals surface area contributed by atoms with Crippen molar-refractivity contribution in [2.75, 3.05) is 0 Å². The Bertz CT molecular complexity index is 736. The van der Waals surface area contributed by atoms with Crippen molar-refractivity contribution in [3.63, 3.8) is 0 Å². The molecule has 0 saturated heterocycles. The molecular weight excluding hydrogens is 278 g/mol. The quantitative estimate of drug-likeness (QED) is 0.935. The smallest absolute Gasteiger partial charge is 0.263 e. The molecule has 0 aromatic carbocycles. The Morgan fingerprint density at radius 3 is 2.73 bits per heavy atom. The molecule has 0 aliphatic rings. The molecule has 0 aliphatic heterocycles. The number of nitrogens with one attached hydrogen (secondary N) is 1. The predicted octanol–water partition coefficient (Wildman–Crippen LogP) is 1.76. The van der Waals surface area contributed by atoms with Gasteiger partial charge in [-0.15, -0.1) is 0 Å². The summed E-state index contributed by atoms with van der Waals surface area (Å²) < 4.78 is 1.49. The Labute approximate surface area is 130 Å². The molecule has 0 spiro atoms. The van der Waals surface area contributed by atoms with Crippen molar-refractivity contribution in [3.05, 3.63) is 63.3 Å². The van der Waals surface area contributed by atoms with Crippen LogP contribution in [-0.2, 0) is 13.5 Å². The molecule has 116 valence electrons. The van der Waals surface area contributed by atoms with Gasteiger partial charge in [0.2, 0.25) is 0 Å². The van der Waals surface area contributed by atoms with Crippen molar-refractivity contribution in [1.29, 1.82) is 0 Å². The third-order valence-electron chi connectivity index (χ3n) is 3.71. The molecule has 1 N–H and O–H groups in total. The van der Waals surface area contributed by atoms with Crippen LogP contribution in [0.3, 0.4) is 0 Å². The minimum absolute atomic E-state index is 0.104. The van der Waals surface area contributed by atoms with E-state index in [0.29, 0.717) is 12.0 Å². The second-order valence-corrected chi connectivity index (χ2v) is 5.61. The van der Waals surface area contributed by atoms with Gasteiger partial charge in [-0.3, -0.25) is 14.6 Å². The van der Waals surface area contributed by atoms with Crippen LogP contribution in [0.1, 0.15) is 34.2 Å². The number of hydrogen-bond donors (Lipinski definition) is 1. The molecule has 0 saturated carbocycles. The van der Waals surface area contributed by atoms with Crippen molar-refractivity contribution in [1.82, 2.24) is 14.9 Å². The van der Waals surface area contributed by atoms with Crippen LogP contribution in [-0.4, -0.2) is 21.5 Å². The molecular formula is C17H21N3O2. The van der Waals surface area contributed by atoms with Gasteiger partial charge < -0.3 is 9.88 Å². The van der Waals surface area contributed by atoms with E-state index in [1.165, 1.54) is 4.57 Å². The van der Waals surface area contributed by atoms with Gasteiger partial charge in [0, 0.05) is 37.1 Å². The molecule has 2 heterocycles. The molecule has 0 bridgehead atoms.